The highest BCUT2D eigenvalue weighted by Gasteiger charge is 2.26. The standard InChI is InChI=1S/C16H23BrN2O/c1-16(2,3)15(20)18-10-12-7-8-19(11-12)14-6-4-5-13(17)9-14/h4-6,9,12H,7-8,10-11H2,1-3H3,(H,18,20)/t12-/m0/s1. The topological polar surface area (TPSA) is 32.3 Å². The molecule has 1 N–H and O–H groups in total. The second kappa shape index (κ2) is 6.17. The molecular weight excluding hydrogens is 316 g/mol. The molecule has 1 aliphatic heterocycles. The number of rotatable bonds is 3. The summed E-state index contributed by atoms with van der Waals surface area (Å²) in [4.78, 5) is 14.3. The number of carbonyl (C=O) groups is 1. The molecule has 0 aliphatic carbocycles. The minimum Gasteiger partial charge on any atom is -0.371 e. The van der Waals surface area contributed by atoms with Gasteiger partial charge in [-0.05, 0) is 30.5 Å². The van der Waals surface area contributed by atoms with E-state index in [-0.39, 0.29) is 11.3 Å². The molecule has 1 aromatic carbocycles. The van der Waals surface area contributed by atoms with E-state index in [1.165, 1.54) is 5.69 Å². The molecule has 1 aromatic rings. The predicted molar refractivity (Wildman–Crippen MR) is 86.9 cm³/mol. The van der Waals surface area contributed by atoms with Gasteiger partial charge in [-0.1, -0.05) is 42.8 Å². The van der Waals surface area contributed by atoms with Crippen molar-refractivity contribution in [3.8, 4) is 0 Å². The molecule has 1 amide bonds. The van der Waals surface area contributed by atoms with Crippen molar-refractivity contribution >= 4 is 27.5 Å². The van der Waals surface area contributed by atoms with Crippen LogP contribution in [0, 0.1) is 11.3 Å². The van der Waals surface area contributed by atoms with Gasteiger partial charge in [0.15, 0.2) is 0 Å². The van der Waals surface area contributed by atoms with E-state index in [0.29, 0.717) is 5.92 Å². The van der Waals surface area contributed by atoms with Crippen LogP contribution in [0.4, 0.5) is 5.69 Å². The van der Waals surface area contributed by atoms with Gasteiger partial charge in [0.2, 0.25) is 5.91 Å². The van der Waals surface area contributed by atoms with E-state index in [1.807, 2.05) is 26.8 Å². The first kappa shape index (κ1) is 15.4. The molecule has 1 fully saturated rings. The van der Waals surface area contributed by atoms with Crippen LogP contribution in [0.1, 0.15) is 27.2 Å². The van der Waals surface area contributed by atoms with Crippen molar-refractivity contribution in [3.05, 3.63) is 28.7 Å². The maximum Gasteiger partial charge on any atom is 0.225 e. The fourth-order valence-corrected chi connectivity index (χ4v) is 2.80. The lowest BCUT2D eigenvalue weighted by atomic mass is 9.95. The molecule has 0 unspecified atom stereocenters. The van der Waals surface area contributed by atoms with Crippen LogP contribution in [-0.4, -0.2) is 25.5 Å². The van der Waals surface area contributed by atoms with Crippen molar-refractivity contribution < 1.29 is 4.79 Å². The SMILES string of the molecule is CC(C)(C)C(=O)NC[C@@H]1CCN(c2cccc(Br)c2)C1. The van der Waals surface area contributed by atoms with E-state index < -0.39 is 0 Å². The maximum absolute atomic E-state index is 11.9. The van der Waals surface area contributed by atoms with Crippen LogP contribution in [0.15, 0.2) is 28.7 Å². The largest absolute Gasteiger partial charge is 0.371 e. The molecular formula is C16H23BrN2O. The number of halogens is 1. The van der Waals surface area contributed by atoms with Crippen molar-refractivity contribution in [1.29, 1.82) is 0 Å². The Bertz CT molecular complexity index is 482. The highest BCUT2D eigenvalue weighted by atomic mass is 79.9. The summed E-state index contributed by atoms with van der Waals surface area (Å²) in [5.41, 5.74) is 0.951. The third-order valence-electron chi connectivity index (χ3n) is 3.69. The van der Waals surface area contributed by atoms with E-state index in [9.17, 15) is 4.79 Å². The third-order valence-corrected chi connectivity index (χ3v) is 4.18. The predicted octanol–water partition coefficient (Wildman–Crippen LogP) is 3.44. The summed E-state index contributed by atoms with van der Waals surface area (Å²) in [7, 11) is 0. The number of hydrogen-bond donors (Lipinski definition) is 1. The fraction of sp³-hybridized carbons (Fsp3) is 0.562. The second-order valence-electron chi connectivity index (χ2n) is 6.54. The molecule has 1 atom stereocenters. The van der Waals surface area contributed by atoms with E-state index in [4.69, 9.17) is 0 Å². The Morgan fingerprint density at radius 1 is 1.45 bits per heavy atom. The average molecular weight is 339 g/mol. The first-order chi connectivity index (χ1) is 9.36. The normalized spacial score (nSPS) is 19.2. The van der Waals surface area contributed by atoms with Crippen molar-refractivity contribution in [2.45, 2.75) is 27.2 Å². The highest BCUT2D eigenvalue weighted by Crippen LogP contribution is 2.26. The van der Waals surface area contributed by atoms with Gasteiger partial charge in [0.1, 0.15) is 0 Å². The number of anilines is 1. The summed E-state index contributed by atoms with van der Waals surface area (Å²) in [5, 5.41) is 3.07. The molecule has 1 aliphatic rings. The molecule has 4 heteroatoms. The molecule has 0 spiro atoms. The number of amides is 1. The molecule has 0 aromatic heterocycles. The van der Waals surface area contributed by atoms with E-state index in [1.54, 1.807) is 0 Å². The summed E-state index contributed by atoms with van der Waals surface area (Å²) in [6, 6.07) is 8.39. The zero-order valence-electron chi connectivity index (χ0n) is 12.4. The van der Waals surface area contributed by atoms with Gasteiger partial charge in [-0.15, -0.1) is 0 Å². The van der Waals surface area contributed by atoms with Gasteiger partial charge in [-0.2, -0.15) is 0 Å². The molecule has 1 heterocycles. The Balaban J connectivity index is 1.85. The first-order valence-electron chi connectivity index (χ1n) is 7.15. The van der Waals surface area contributed by atoms with Gasteiger partial charge >= 0.3 is 0 Å². The van der Waals surface area contributed by atoms with Crippen LogP contribution in [-0.2, 0) is 4.79 Å². The summed E-state index contributed by atoms with van der Waals surface area (Å²) in [5.74, 6) is 0.679. The molecule has 3 nitrogen and oxygen atoms in total. The first-order valence-corrected chi connectivity index (χ1v) is 7.94. The van der Waals surface area contributed by atoms with Gasteiger partial charge in [0, 0.05) is 35.2 Å². The van der Waals surface area contributed by atoms with Gasteiger partial charge in [-0.3, -0.25) is 4.79 Å². The van der Waals surface area contributed by atoms with Gasteiger partial charge in [-0.25, -0.2) is 0 Å². The molecule has 0 saturated carbocycles. The Morgan fingerprint density at radius 2 is 2.20 bits per heavy atom. The minimum absolute atomic E-state index is 0.137. The summed E-state index contributed by atoms with van der Waals surface area (Å²) >= 11 is 3.51. The molecule has 20 heavy (non-hydrogen) atoms. The van der Waals surface area contributed by atoms with Gasteiger partial charge in [0.05, 0.1) is 0 Å². The smallest absolute Gasteiger partial charge is 0.225 e. The summed E-state index contributed by atoms with van der Waals surface area (Å²) in [6.45, 7) is 8.70. The van der Waals surface area contributed by atoms with Crippen molar-refractivity contribution in [3.63, 3.8) is 0 Å². The van der Waals surface area contributed by atoms with Crippen LogP contribution >= 0.6 is 15.9 Å². The van der Waals surface area contributed by atoms with Crippen LogP contribution in [0.2, 0.25) is 0 Å². The molecule has 1 saturated heterocycles. The lowest BCUT2D eigenvalue weighted by Crippen LogP contribution is -2.38. The van der Waals surface area contributed by atoms with Crippen LogP contribution in [0.25, 0.3) is 0 Å². The molecule has 0 bridgehead atoms. The van der Waals surface area contributed by atoms with E-state index in [0.717, 1.165) is 30.5 Å². The van der Waals surface area contributed by atoms with Crippen molar-refractivity contribution in [2.75, 3.05) is 24.5 Å². The van der Waals surface area contributed by atoms with Crippen LogP contribution < -0.4 is 10.2 Å². The van der Waals surface area contributed by atoms with E-state index in [2.05, 4.69) is 44.3 Å². The molecule has 0 radical (unpaired) electrons. The average Bonchev–Trinajstić information content (AvgIpc) is 2.83. The monoisotopic (exact) mass is 338 g/mol. The lowest BCUT2D eigenvalue weighted by Gasteiger charge is -2.21. The van der Waals surface area contributed by atoms with E-state index >= 15 is 0 Å². The lowest BCUT2D eigenvalue weighted by molar-refractivity contribution is -0.128. The fourth-order valence-electron chi connectivity index (χ4n) is 2.41. The second-order valence-corrected chi connectivity index (χ2v) is 7.46. The van der Waals surface area contributed by atoms with Gasteiger partial charge < -0.3 is 10.2 Å². The van der Waals surface area contributed by atoms with Crippen LogP contribution in [0.3, 0.4) is 0 Å². The Hall–Kier alpha value is -1.03. The van der Waals surface area contributed by atoms with Crippen molar-refractivity contribution in [2.24, 2.45) is 11.3 Å². The number of nitrogens with zero attached hydrogens (tertiary/aromatic N) is 1. The van der Waals surface area contributed by atoms with Crippen LogP contribution in [0.5, 0.6) is 0 Å². The Morgan fingerprint density at radius 3 is 2.85 bits per heavy atom. The number of carbonyl (C=O) groups excluding carboxylic acids is 1. The maximum atomic E-state index is 11.9. The number of nitrogens with one attached hydrogen (secondary N) is 1. The molecule has 2 rings (SSSR count). The zero-order chi connectivity index (χ0) is 14.8. The number of benzene rings is 1. The third kappa shape index (κ3) is 3.98. The minimum atomic E-state index is -0.303. The van der Waals surface area contributed by atoms with Gasteiger partial charge in [0.25, 0.3) is 0 Å². The Labute approximate surface area is 129 Å². The number of hydrogen-bond acceptors (Lipinski definition) is 2. The summed E-state index contributed by atoms with van der Waals surface area (Å²) in [6.07, 6.45) is 1.14. The highest BCUT2D eigenvalue weighted by molar-refractivity contribution is 9.10. The zero-order valence-corrected chi connectivity index (χ0v) is 14.0. The Kier molecular flexibility index (Phi) is 4.74. The molecule has 110 valence electrons. The van der Waals surface area contributed by atoms with Crippen molar-refractivity contribution in [1.82, 2.24) is 5.32 Å². The quantitative estimate of drug-likeness (QED) is 0.915. The summed E-state index contributed by atoms with van der Waals surface area (Å²) < 4.78 is 1.11.